The van der Waals surface area contributed by atoms with Gasteiger partial charge < -0.3 is 5.32 Å². The summed E-state index contributed by atoms with van der Waals surface area (Å²) in [6.07, 6.45) is 4.76. The van der Waals surface area contributed by atoms with Gasteiger partial charge in [-0.3, -0.25) is 4.79 Å². The molecular weight excluding hydrogens is 270 g/mol. The van der Waals surface area contributed by atoms with E-state index in [2.05, 4.69) is 53.8 Å². The van der Waals surface area contributed by atoms with Crippen molar-refractivity contribution < 1.29 is 4.79 Å². The number of rotatable bonds is 1. The number of fused-ring (bicyclic) bond motifs is 1. The minimum Gasteiger partial charge on any atom is -0.350 e. The summed E-state index contributed by atoms with van der Waals surface area (Å²) < 4.78 is 0. The summed E-state index contributed by atoms with van der Waals surface area (Å²) in [6.45, 7) is 0. The Hall–Kier alpha value is -2.09. The molecule has 4 rings (SSSR count). The van der Waals surface area contributed by atoms with Gasteiger partial charge in [0, 0.05) is 12.0 Å². The van der Waals surface area contributed by atoms with Crippen molar-refractivity contribution in [3.05, 3.63) is 71.3 Å². The monoisotopic (exact) mass is 291 g/mol. The number of nitrogens with one attached hydrogen (secondary N) is 1. The highest BCUT2D eigenvalue weighted by atomic mass is 16.1. The number of benzene rings is 2. The Bertz CT molecular complexity index is 694. The van der Waals surface area contributed by atoms with Gasteiger partial charge in [0.15, 0.2) is 0 Å². The number of aryl methyl sites for hydroxylation is 1. The Morgan fingerprint density at radius 3 is 2.50 bits per heavy atom. The highest BCUT2D eigenvalue weighted by Gasteiger charge is 2.41. The van der Waals surface area contributed by atoms with Gasteiger partial charge in [0.25, 0.3) is 0 Å². The molecule has 1 aliphatic heterocycles. The fourth-order valence-corrected chi connectivity index (χ4v) is 4.21. The molecule has 1 spiro atoms. The molecule has 1 amide bonds. The number of piperidine rings is 1. The van der Waals surface area contributed by atoms with E-state index in [1.807, 2.05) is 6.07 Å². The van der Waals surface area contributed by atoms with Gasteiger partial charge >= 0.3 is 0 Å². The third-order valence-electron chi connectivity index (χ3n) is 5.26. The third-order valence-corrected chi connectivity index (χ3v) is 5.26. The van der Waals surface area contributed by atoms with Crippen LogP contribution in [0.3, 0.4) is 0 Å². The van der Waals surface area contributed by atoms with Crippen molar-refractivity contribution in [1.82, 2.24) is 5.32 Å². The van der Waals surface area contributed by atoms with E-state index in [4.69, 9.17) is 0 Å². The summed E-state index contributed by atoms with van der Waals surface area (Å²) in [5, 5.41) is 3.33. The number of carbonyl (C=O) groups excluding carboxylic acids is 1. The van der Waals surface area contributed by atoms with Crippen molar-refractivity contribution in [2.75, 3.05) is 0 Å². The molecule has 1 heterocycles. The van der Waals surface area contributed by atoms with Crippen LogP contribution >= 0.6 is 0 Å². The van der Waals surface area contributed by atoms with Gasteiger partial charge in [-0.1, -0.05) is 54.6 Å². The van der Waals surface area contributed by atoms with Crippen molar-refractivity contribution >= 4 is 5.91 Å². The molecule has 1 aliphatic carbocycles. The van der Waals surface area contributed by atoms with Crippen LogP contribution in [0.15, 0.2) is 54.6 Å². The first-order chi connectivity index (χ1) is 10.7. The van der Waals surface area contributed by atoms with E-state index < -0.39 is 0 Å². The minimum atomic E-state index is -0.0514. The maximum Gasteiger partial charge on any atom is 0.221 e. The molecule has 2 unspecified atom stereocenters. The fraction of sp³-hybridized carbons (Fsp3) is 0.350. The number of carbonyl (C=O) groups is 1. The number of hydrogen-bond acceptors (Lipinski definition) is 1. The zero-order chi connectivity index (χ0) is 15.0. The standard InChI is InChI=1S/C20H21NO/c22-19-12-18(15-6-2-1-3-7-15)14-20(21-19)11-10-16-8-4-5-9-17(16)13-20/h1-9,18H,10-14H2,(H,21,22). The lowest BCUT2D eigenvalue weighted by molar-refractivity contribution is -0.126. The van der Waals surface area contributed by atoms with E-state index in [1.165, 1.54) is 16.7 Å². The average molecular weight is 291 g/mol. The molecule has 112 valence electrons. The van der Waals surface area contributed by atoms with Crippen LogP contribution in [0.25, 0.3) is 0 Å². The molecule has 2 nitrogen and oxygen atoms in total. The molecule has 2 aliphatic rings. The Morgan fingerprint density at radius 1 is 0.955 bits per heavy atom. The molecule has 0 saturated carbocycles. The van der Waals surface area contributed by atoms with Crippen LogP contribution in [0.1, 0.15) is 41.9 Å². The molecule has 22 heavy (non-hydrogen) atoms. The van der Waals surface area contributed by atoms with Crippen molar-refractivity contribution in [3.8, 4) is 0 Å². The lowest BCUT2D eigenvalue weighted by Crippen LogP contribution is -2.56. The maximum atomic E-state index is 12.3. The lowest BCUT2D eigenvalue weighted by atomic mass is 9.69. The molecular formula is C20H21NO. The molecule has 2 aromatic carbocycles. The second kappa shape index (κ2) is 5.28. The Morgan fingerprint density at radius 2 is 1.68 bits per heavy atom. The quantitative estimate of drug-likeness (QED) is 0.854. The summed E-state index contributed by atoms with van der Waals surface area (Å²) in [6, 6.07) is 19.2. The molecule has 2 aromatic rings. The molecule has 1 saturated heterocycles. The first-order valence-corrected chi connectivity index (χ1v) is 8.17. The summed E-state index contributed by atoms with van der Waals surface area (Å²) in [4.78, 5) is 12.3. The van der Waals surface area contributed by atoms with E-state index in [0.717, 1.165) is 25.7 Å². The molecule has 0 radical (unpaired) electrons. The van der Waals surface area contributed by atoms with Crippen molar-refractivity contribution in [2.45, 2.75) is 43.6 Å². The number of hydrogen-bond donors (Lipinski definition) is 1. The molecule has 1 N–H and O–H groups in total. The second-order valence-electron chi connectivity index (χ2n) is 6.79. The van der Waals surface area contributed by atoms with Crippen LogP contribution in [-0.4, -0.2) is 11.4 Å². The Kier molecular flexibility index (Phi) is 3.25. The Balaban J connectivity index is 1.64. The molecule has 0 aromatic heterocycles. The van der Waals surface area contributed by atoms with Crippen molar-refractivity contribution in [1.29, 1.82) is 0 Å². The minimum absolute atomic E-state index is 0.0514. The van der Waals surface area contributed by atoms with E-state index >= 15 is 0 Å². The van der Waals surface area contributed by atoms with E-state index in [1.54, 1.807) is 0 Å². The summed E-state index contributed by atoms with van der Waals surface area (Å²) >= 11 is 0. The van der Waals surface area contributed by atoms with Crippen LogP contribution in [0.4, 0.5) is 0 Å². The Labute approximate surface area is 131 Å². The van der Waals surface area contributed by atoms with Gasteiger partial charge in [-0.15, -0.1) is 0 Å². The smallest absolute Gasteiger partial charge is 0.221 e. The predicted octanol–water partition coefficient (Wildman–Crippen LogP) is 3.61. The van der Waals surface area contributed by atoms with Crippen LogP contribution in [-0.2, 0) is 17.6 Å². The first-order valence-electron chi connectivity index (χ1n) is 8.17. The third kappa shape index (κ3) is 2.43. The normalized spacial score (nSPS) is 27.3. The SMILES string of the molecule is O=C1CC(c2ccccc2)CC2(CCc3ccccc3C2)N1. The molecule has 2 heteroatoms. The number of amides is 1. The van der Waals surface area contributed by atoms with E-state index in [9.17, 15) is 4.79 Å². The highest BCUT2D eigenvalue weighted by molar-refractivity contribution is 5.79. The predicted molar refractivity (Wildman–Crippen MR) is 87.8 cm³/mol. The van der Waals surface area contributed by atoms with Gasteiger partial charge in [0.05, 0.1) is 0 Å². The van der Waals surface area contributed by atoms with Gasteiger partial charge in [-0.2, -0.15) is 0 Å². The largest absolute Gasteiger partial charge is 0.350 e. The van der Waals surface area contributed by atoms with Gasteiger partial charge in [-0.25, -0.2) is 0 Å². The highest BCUT2D eigenvalue weighted by Crippen LogP contribution is 2.40. The summed E-state index contributed by atoms with van der Waals surface area (Å²) in [7, 11) is 0. The van der Waals surface area contributed by atoms with Crippen LogP contribution in [0.5, 0.6) is 0 Å². The van der Waals surface area contributed by atoms with Crippen LogP contribution in [0.2, 0.25) is 0 Å². The van der Waals surface area contributed by atoms with Gasteiger partial charge in [-0.05, 0) is 48.3 Å². The molecule has 0 bridgehead atoms. The maximum absolute atomic E-state index is 12.3. The van der Waals surface area contributed by atoms with Crippen molar-refractivity contribution in [2.24, 2.45) is 0 Å². The second-order valence-corrected chi connectivity index (χ2v) is 6.79. The van der Waals surface area contributed by atoms with E-state index in [0.29, 0.717) is 12.3 Å². The zero-order valence-electron chi connectivity index (χ0n) is 12.7. The van der Waals surface area contributed by atoms with Crippen LogP contribution < -0.4 is 5.32 Å². The van der Waals surface area contributed by atoms with Gasteiger partial charge in [0.2, 0.25) is 5.91 Å². The fourth-order valence-electron chi connectivity index (χ4n) is 4.21. The van der Waals surface area contributed by atoms with E-state index in [-0.39, 0.29) is 11.4 Å². The molecule has 1 fully saturated rings. The summed E-state index contributed by atoms with van der Waals surface area (Å²) in [5.74, 6) is 0.555. The van der Waals surface area contributed by atoms with Crippen LogP contribution in [0, 0.1) is 0 Å². The lowest BCUT2D eigenvalue weighted by Gasteiger charge is -2.44. The average Bonchev–Trinajstić information content (AvgIpc) is 2.55. The van der Waals surface area contributed by atoms with Crippen molar-refractivity contribution in [3.63, 3.8) is 0 Å². The zero-order valence-corrected chi connectivity index (χ0v) is 12.7. The van der Waals surface area contributed by atoms with Gasteiger partial charge in [0.1, 0.15) is 0 Å². The molecule has 2 atom stereocenters. The summed E-state index contributed by atoms with van der Waals surface area (Å²) in [5.41, 5.74) is 4.10. The first kappa shape index (κ1) is 13.6. The topological polar surface area (TPSA) is 29.1 Å².